The monoisotopic (exact) mass is 354 g/mol. The molecule has 0 atom stereocenters. The average molecular weight is 355 g/mol. The van der Waals surface area contributed by atoms with Crippen molar-refractivity contribution in [3.63, 3.8) is 0 Å². The lowest BCUT2D eigenvalue weighted by atomic mass is 10.3. The number of carbonyl (C=O) groups excluding carboxylic acids is 1. The number of hydrogen-bond donors (Lipinski definition) is 2. The molecule has 0 fully saturated rings. The van der Waals surface area contributed by atoms with Crippen LogP contribution in [0, 0.1) is 0 Å². The molecule has 1 amide bonds. The van der Waals surface area contributed by atoms with Gasteiger partial charge < -0.3 is 4.74 Å². The van der Waals surface area contributed by atoms with E-state index in [9.17, 15) is 18.0 Å². The van der Waals surface area contributed by atoms with E-state index in [1.54, 1.807) is 5.10 Å². The summed E-state index contributed by atoms with van der Waals surface area (Å²) in [5.74, 6) is -2.43. The molecule has 1 aromatic heterocycles. The molecule has 2 rings (SSSR count). The van der Waals surface area contributed by atoms with Crippen LogP contribution in [0.1, 0.15) is 5.82 Å². The second-order valence-electron chi connectivity index (χ2n) is 3.92. The molecule has 0 aliphatic rings. The molecule has 0 spiro atoms. The first-order valence-electron chi connectivity index (χ1n) is 5.63. The van der Waals surface area contributed by atoms with Gasteiger partial charge in [-0.05, 0) is 12.1 Å². The molecule has 0 radical (unpaired) electrons. The van der Waals surface area contributed by atoms with Gasteiger partial charge in [-0.1, -0.05) is 23.2 Å². The number of hydrogen-bond acceptors (Lipinski definition) is 4. The summed E-state index contributed by atoms with van der Waals surface area (Å²) in [7, 11) is 0. The molecule has 0 saturated carbocycles. The summed E-state index contributed by atoms with van der Waals surface area (Å²) in [6.45, 7) is -0.504. The SMILES string of the molecule is O=C(COc1cc(Cl)ccc1Cl)Nc1n[nH]c(C(F)(F)F)n1. The minimum atomic E-state index is -4.68. The van der Waals surface area contributed by atoms with Crippen molar-refractivity contribution in [2.75, 3.05) is 11.9 Å². The number of aromatic amines is 1. The molecule has 0 bridgehead atoms. The largest absolute Gasteiger partial charge is 0.482 e. The zero-order valence-corrected chi connectivity index (χ0v) is 12.1. The molecule has 11 heteroatoms. The highest BCUT2D eigenvalue weighted by Crippen LogP contribution is 2.28. The third-order valence-corrected chi connectivity index (χ3v) is 2.80. The minimum absolute atomic E-state index is 0.162. The molecule has 1 heterocycles. The second-order valence-corrected chi connectivity index (χ2v) is 4.76. The van der Waals surface area contributed by atoms with Gasteiger partial charge in [0.2, 0.25) is 11.8 Å². The molecular formula is C11H7Cl2F3N4O2. The van der Waals surface area contributed by atoms with E-state index in [1.165, 1.54) is 18.2 Å². The van der Waals surface area contributed by atoms with Crippen LogP contribution in [-0.2, 0) is 11.0 Å². The summed E-state index contributed by atoms with van der Waals surface area (Å²) < 4.78 is 42.0. The molecule has 2 aromatic rings. The van der Waals surface area contributed by atoms with Gasteiger partial charge >= 0.3 is 6.18 Å². The van der Waals surface area contributed by atoms with E-state index < -0.39 is 30.5 Å². The number of nitrogens with one attached hydrogen (secondary N) is 2. The smallest absolute Gasteiger partial charge is 0.451 e. The van der Waals surface area contributed by atoms with Crippen molar-refractivity contribution in [1.29, 1.82) is 0 Å². The number of anilines is 1. The van der Waals surface area contributed by atoms with Gasteiger partial charge in [0.15, 0.2) is 6.61 Å². The third kappa shape index (κ3) is 4.25. The maximum atomic E-state index is 12.3. The van der Waals surface area contributed by atoms with Crippen molar-refractivity contribution in [1.82, 2.24) is 15.2 Å². The summed E-state index contributed by atoms with van der Waals surface area (Å²) in [5.41, 5.74) is 0. The number of carbonyl (C=O) groups is 1. The third-order valence-electron chi connectivity index (χ3n) is 2.26. The van der Waals surface area contributed by atoms with Crippen molar-refractivity contribution in [3.8, 4) is 5.75 Å². The predicted molar refractivity (Wildman–Crippen MR) is 72.0 cm³/mol. The molecule has 2 N–H and O–H groups in total. The number of aromatic nitrogens is 3. The van der Waals surface area contributed by atoms with Crippen LogP contribution in [-0.4, -0.2) is 27.7 Å². The van der Waals surface area contributed by atoms with E-state index in [0.717, 1.165) is 0 Å². The van der Waals surface area contributed by atoms with Crippen molar-refractivity contribution in [2.45, 2.75) is 6.18 Å². The number of benzene rings is 1. The van der Waals surface area contributed by atoms with Crippen LogP contribution in [0.25, 0.3) is 0 Å². The Balaban J connectivity index is 1.93. The van der Waals surface area contributed by atoms with E-state index in [1.807, 2.05) is 5.32 Å². The molecule has 0 aliphatic heterocycles. The van der Waals surface area contributed by atoms with Crippen LogP contribution < -0.4 is 10.1 Å². The fourth-order valence-corrected chi connectivity index (χ4v) is 1.67. The van der Waals surface area contributed by atoms with Crippen LogP contribution in [0.5, 0.6) is 5.75 Å². The topological polar surface area (TPSA) is 79.9 Å². The van der Waals surface area contributed by atoms with Crippen LogP contribution >= 0.6 is 23.2 Å². The maximum Gasteiger partial charge on any atom is 0.451 e. The van der Waals surface area contributed by atoms with Crippen LogP contribution in [0.15, 0.2) is 18.2 Å². The first-order valence-corrected chi connectivity index (χ1v) is 6.38. The number of nitrogens with zero attached hydrogens (tertiary/aromatic N) is 2. The highest BCUT2D eigenvalue weighted by atomic mass is 35.5. The van der Waals surface area contributed by atoms with Crippen molar-refractivity contribution < 1.29 is 22.7 Å². The summed E-state index contributed by atoms with van der Waals surface area (Å²) in [5, 5.41) is 7.51. The number of ether oxygens (including phenoxy) is 1. The highest BCUT2D eigenvalue weighted by molar-refractivity contribution is 6.34. The molecule has 0 saturated heterocycles. The van der Waals surface area contributed by atoms with E-state index >= 15 is 0 Å². The Labute approximate surface area is 131 Å². The number of halogens is 5. The molecular weight excluding hydrogens is 348 g/mol. The minimum Gasteiger partial charge on any atom is -0.482 e. The normalized spacial score (nSPS) is 11.3. The number of alkyl halides is 3. The van der Waals surface area contributed by atoms with Crippen molar-refractivity contribution in [3.05, 3.63) is 34.1 Å². The number of H-pyrrole nitrogens is 1. The van der Waals surface area contributed by atoms with Gasteiger partial charge in [0.1, 0.15) is 5.75 Å². The zero-order valence-electron chi connectivity index (χ0n) is 10.5. The molecule has 6 nitrogen and oxygen atoms in total. The average Bonchev–Trinajstić information content (AvgIpc) is 2.88. The lowest BCUT2D eigenvalue weighted by Crippen LogP contribution is -2.21. The molecule has 118 valence electrons. The number of rotatable bonds is 4. The fourth-order valence-electron chi connectivity index (χ4n) is 1.34. The van der Waals surface area contributed by atoms with E-state index in [-0.39, 0.29) is 10.8 Å². The van der Waals surface area contributed by atoms with Gasteiger partial charge in [-0.2, -0.15) is 18.2 Å². The zero-order chi connectivity index (χ0) is 16.3. The molecule has 1 aromatic carbocycles. The van der Waals surface area contributed by atoms with E-state index in [4.69, 9.17) is 27.9 Å². The lowest BCUT2D eigenvalue weighted by Gasteiger charge is -2.07. The van der Waals surface area contributed by atoms with Gasteiger partial charge in [0.05, 0.1) is 5.02 Å². The van der Waals surface area contributed by atoms with E-state index in [0.29, 0.717) is 5.02 Å². The Kier molecular flexibility index (Phi) is 4.77. The van der Waals surface area contributed by atoms with Gasteiger partial charge in [-0.3, -0.25) is 15.2 Å². The summed E-state index contributed by atoms with van der Waals surface area (Å²) in [6, 6.07) is 4.40. The van der Waals surface area contributed by atoms with Gasteiger partial charge in [-0.15, -0.1) is 5.10 Å². The first-order chi connectivity index (χ1) is 10.3. The predicted octanol–water partition coefficient (Wildman–Crippen LogP) is 3.15. The quantitative estimate of drug-likeness (QED) is 0.883. The van der Waals surface area contributed by atoms with E-state index in [2.05, 4.69) is 10.1 Å². The Hall–Kier alpha value is -2.00. The van der Waals surface area contributed by atoms with Gasteiger partial charge in [0.25, 0.3) is 5.91 Å². The van der Waals surface area contributed by atoms with Crippen LogP contribution in [0.2, 0.25) is 10.0 Å². The standard InChI is InChI=1S/C11H7Cl2F3N4O2/c12-5-1-2-6(13)7(3-5)22-4-8(21)17-10-18-9(19-20-10)11(14,15)16/h1-3H,4H2,(H2,17,18,19,20,21). The Morgan fingerprint density at radius 2 is 2.09 bits per heavy atom. The molecule has 0 aliphatic carbocycles. The first kappa shape index (κ1) is 16.4. The van der Waals surface area contributed by atoms with Crippen LogP contribution in [0.4, 0.5) is 19.1 Å². The Bertz CT molecular complexity index is 690. The van der Waals surface area contributed by atoms with Crippen LogP contribution in [0.3, 0.4) is 0 Å². The number of amides is 1. The summed E-state index contributed by atoms with van der Waals surface area (Å²) in [6.07, 6.45) is -4.68. The molecule has 22 heavy (non-hydrogen) atoms. The van der Waals surface area contributed by atoms with Crippen molar-refractivity contribution >= 4 is 35.1 Å². The highest BCUT2D eigenvalue weighted by Gasteiger charge is 2.35. The Morgan fingerprint density at radius 3 is 2.73 bits per heavy atom. The lowest BCUT2D eigenvalue weighted by molar-refractivity contribution is -0.144. The van der Waals surface area contributed by atoms with Crippen molar-refractivity contribution in [2.24, 2.45) is 0 Å². The maximum absolute atomic E-state index is 12.3. The second kappa shape index (κ2) is 6.41. The van der Waals surface area contributed by atoms with Gasteiger partial charge in [-0.25, -0.2) is 0 Å². The molecule has 0 unspecified atom stereocenters. The Morgan fingerprint density at radius 1 is 1.36 bits per heavy atom. The van der Waals surface area contributed by atoms with Gasteiger partial charge in [0, 0.05) is 11.1 Å². The summed E-state index contributed by atoms with van der Waals surface area (Å²) >= 11 is 11.6. The fraction of sp³-hybridized carbons (Fsp3) is 0.182. The summed E-state index contributed by atoms with van der Waals surface area (Å²) in [4.78, 5) is 14.6.